The van der Waals surface area contributed by atoms with E-state index in [-0.39, 0.29) is 19.3 Å². The monoisotopic (exact) mass is 134 g/mol. The summed E-state index contributed by atoms with van der Waals surface area (Å²) >= 11 is 0. The summed E-state index contributed by atoms with van der Waals surface area (Å²) in [6.07, 6.45) is 0. The zero-order valence-corrected chi connectivity index (χ0v) is 5.59. The van der Waals surface area contributed by atoms with Gasteiger partial charge in [0.25, 0.3) is 0 Å². The summed E-state index contributed by atoms with van der Waals surface area (Å²) < 4.78 is 0. The lowest BCUT2D eigenvalue weighted by Crippen LogP contribution is -2.42. The van der Waals surface area contributed by atoms with Crippen LogP contribution in [0.15, 0.2) is 0 Å². The van der Waals surface area contributed by atoms with E-state index in [1.807, 2.05) is 6.92 Å². The van der Waals surface area contributed by atoms with Gasteiger partial charge in [0.15, 0.2) is 0 Å². The Morgan fingerprint density at radius 3 is 2.56 bits per heavy atom. The summed E-state index contributed by atoms with van der Waals surface area (Å²) in [5.41, 5.74) is 5.50. The molecule has 0 radical (unpaired) electrons. The highest BCUT2D eigenvalue weighted by Gasteiger charge is 1.94. The Morgan fingerprint density at radius 1 is 1.44 bits per heavy atom. The van der Waals surface area contributed by atoms with Gasteiger partial charge in [-0.1, -0.05) is 0 Å². The van der Waals surface area contributed by atoms with E-state index in [1.54, 1.807) is 0 Å². The Labute approximate surface area is 54.9 Å². The van der Waals surface area contributed by atoms with Crippen LogP contribution in [0.4, 0.5) is 0 Å². The molecule has 56 valence electrons. The number of aliphatic hydroxyl groups excluding tert-OH is 2. The Hall–Kier alpha value is -0.160. The Bertz CT molecular complexity index is 60.9. The van der Waals surface area contributed by atoms with Crippen molar-refractivity contribution in [2.45, 2.75) is 13.0 Å². The molecule has 4 N–H and O–H groups in total. The van der Waals surface area contributed by atoms with Gasteiger partial charge in [0, 0.05) is 12.6 Å². The molecule has 0 fully saturated rings. The maximum atomic E-state index is 8.47. The van der Waals surface area contributed by atoms with Gasteiger partial charge >= 0.3 is 0 Å². The third-order valence-electron chi connectivity index (χ3n) is 0.859. The zero-order chi connectivity index (χ0) is 7.11. The summed E-state index contributed by atoms with van der Waals surface area (Å²) in [5, 5.41) is 16.8. The molecule has 0 aliphatic heterocycles. The number of hydrazine groups is 1. The van der Waals surface area contributed by atoms with Crippen molar-refractivity contribution in [3.63, 3.8) is 0 Å². The molecule has 4 nitrogen and oxygen atoms in total. The highest BCUT2D eigenvalue weighted by Crippen LogP contribution is 1.71. The predicted octanol–water partition coefficient (Wildman–Crippen LogP) is -1.55. The minimum Gasteiger partial charge on any atom is -0.395 e. The molecular weight excluding hydrogens is 120 g/mol. The number of hydrogen-bond acceptors (Lipinski definition) is 4. The fourth-order valence-electron chi connectivity index (χ4n) is 0.348. The van der Waals surface area contributed by atoms with E-state index in [1.165, 1.54) is 0 Å². The second kappa shape index (κ2) is 5.97. The van der Waals surface area contributed by atoms with Crippen molar-refractivity contribution >= 4 is 0 Å². The van der Waals surface area contributed by atoms with Crippen molar-refractivity contribution in [1.82, 2.24) is 10.9 Å². The Kier molecular flexibility index (Phi) is 5.86. The summed E-state index contributed by atoms with van der Waals surface area (Å²) in [6.45, 7) is 2.54. The average Bonchev–Trinajstić information content (AvgIpc) is 1.89. The molecule has 0 amide bonds. The fourth-order valence-corrected chi connectivity index (χ4v) is 0.348. The van der Waals surface area contributed by atoms with E-state index >= 15 is 0 Å². The van der Waals surface area contributed by atoms with Gasteiger partial charge in [0.2, 0.25) is 0 Å². The molecule has 0 aromatic rings. The summed E-state index contributed by atoms with van der Waals surface area (Å²) in [6, 6.07) is 0.0385. The van der Waals surface area contributed by atoms with E-state index in [2.05, 4.69) is 10.9 Å². The highest BCUT2D eigenvalue weighted by atomic mass is 16.3. The maximum Gasteiger partial charge on any atom is 0.0595 e. The van der Waals surface area contributed by atoms with Crippen LogP contribution >= 0.6 is 0 Å². The van der Waals surface area contributed by atoms with Crippen LogP contribution in [0.2, 0.25) is 0 Å². The van der Waals surface area contributed by atoms with Crippen LogP contribution in [0.1, 0.15) is 6.92 Å². The quantitative estimate of drug-likeness (QED) is 0.272. The molecule has 0 bridgehead atoms. The van der Waals surface area contributed by atoms with Gasteiger partial charge in [-0.05, 0) is 6.92 Å². The zero-order valence-electron chi connectivity index (χ0n) is 5.59. The molecule has 0 aliphatic carbocycles. The van der Waals surface area contributed by atoms with Gasteiger partial charge in [-0.3, -0.25) is 10.9 Å². The second-order valence-corrected chi connectivity index (χ2v) is 1.88. The first kappa shape index (κ1) is 8.84. The number of hydrogen-bond donors (Lipinski definition) is 4. The Balaban J connectivity index is 2.88. The van der Waals surface area contributed by atoms with Crippen LogP contribution < -0.4 is 10.9 Å². The molecule has 4 heteroatoms. The lowest BCUT2D eigenvalue weighted by atomic mass is 10.4. The van der Waals surface area contributed by atoms with Gasteiger partial charge in [-0.25, -0.2) is 0 Å². The van der Waals surface area contributed by atoms with Crippen LogP contribution in [0.5, 0.6) is 0 Å². The smallest absolute Gasteiger partial charge is 0.0595 e. The van der Waals surface area contributed by atoms with Crippen LogP contribution in [0.3, 0.4) is 0 Å². The van der Waals surface area contributed by atoms with Crippen molar-refractivity contribution in [3.05, 3.63) is 0 Å². The summed E-state index contributed by atoms with van der Waals surface area (Å²) in [7, 11) is 0. The third kappa shape index (κ3) is 5.72. The lowest BCUT2D eigenvalue weighted by molar-refractivity contribution is 0.227. The molecule has 0 saturated carbocycles. The molecular formula is C5H14N2O2. The minimum atomic E-state index is 0.0385. The molecule has 0 saturated heterocycles. The summed E-state index contributed by atoms with van der Waals surface area (Å²) in [5.74, 6) is 0. The third-order valence-corrected chi connectivity index (χ3v) is 0.859. The van der Waals surface area contributed by atoms with Gasteiger partial charge in [-0.15, -0.1) is 0 Å². The second-order valence-electron chi connectivity index (χ2n) is 1.88. The summed E-state index contributed by atoms with van der Waals surface area (Å²) in [4.78, 5) is 0. The molecule has 9 heavy (non-hydrogen) atoms. The highest BCUT2D eigenvalue weighted by molar-refractivity contribution is 4.52. The molecule has 0 aromatic carbocycles. The topological polar surface area (TPSA) is 64.5 Å². The van der Waals surface area contributed by atoms with E-state index < -0.39 is 0 Å². The normalized spacial score (nSPS) is 13.7. The van der Waals surface area contributed by atoms with Crippen molar-refractivity contribution < 1.29 is 10.2 Å². The van der Waals surface area contributed by atoms with Gasteiger partial charge < -0.3 is 10.2 Å². The van der Waals surface area contributed by atoms with E-state index in [0.717, 1.165) is 0 Å². The molecule has 0 rings (SSSR count). The molecule has 0 aromatic heterocycles. The number of nitrogens with one attached hydrogen (secondary N) is 2. The number of aliphatic hydroxyl groups is 2. The van der Waals surface area contributed by atoms with E-state index in [9.17, 15) is 0 Å². The predicted molar refractivity (Wildman–Crippen MR) is 34.8 cm³/mol. The molecule has 0 aliphatic rings. The molecule has 0 spiro atoms. The van der Waals surface area contributed by atoms with Crippen LogP contribution in [0.25, 0.3) is 0 Å². The fraction of sp³-hybridized carbons (Fsp3) is 1.00. The maximum absolute atomic E-state index is 8.47. The van der Waals surface area contributed by atoms with E-state index in [4.69, 9.17) is 10.2 Å². The van der Waals surface area contributed by atoms with Gasteiger partial charge in [0.1, 0.15) is 0 Å². The van der Waals surface area contributed by atoms with Crippen LogP contribution in [-0.2, 0) is 0 Å². The van der Waals surface area contributed by atoms with Gasteiger partial charge in [0.05, 0.1) is 13.2 Å². The van der Waals surface area contributed by atoms with Crippen molar-refractivity contribution in [2.24, 2.45) is 0 Å². The largest absolute Gasteiger partial charge is 0.395 e. The van der Waals surface area contributed by atoms with Crippen LogP contribution in [0, 0.1) is 0 Å². The Morgan fingerprint density at radius 2 is 2.11 bits per heavy atom. The number of rotatable bonds is 5. The first-order chi connectivity index (χ1) is 4.31. The van der Waals surface area contributed by atoms with Crippen molar-refractivity contribution in [3.8, 4) is 0 Å². The van der Waals surface area contributed by atoms with E-state index in [0.29, 0.717) is 6.54 Å². The minimum absolute atomic E-state index is 0.0385. The molecule has 1 atom stereocenters. The first-order valence-corrected chi connectivity index (χ1v) is 3.01. The van der Waals surface area contributed by atoms with Crippen molar-refractivity contribution in [2.75, 3.05) is 19.8 Å². The first-order valence-electron chi connectivity index (χ1n) is 3.01. The molecule has 1 unspecified atom stereocenters. The van der Waals surface area contributed by atoms with Crippen molar-refractivity contribution in [1.29, 1.82) is 0 Å². The SMILES string of the molecule is CC(CO)NNCCO. The van der Waals surface area contributed by atoms with Crippen LogP contribution in [-0.4, -0.2) is 36.0 Å². The average molecular weight is 134 g/mol. The standard InChI is InChI=1S/C5H14N2O2/c1-5(4-9)7-6-2-3-8/h5-9H,2-4H2,1H3. The molecule has 0 heterocycles. The van der Waals surface area contributed by atoms with Gasteiger partial charge in [-0.2, -0.15) is 0 Å². The lowest BCUT2D eigenvalue weighted by Gasteiger charge is -2.09.